The maximum atomic E-state index is 11.0. The van der Waals surface area contributed by atoms with Gasteiger partial charge in [0.05, 0.1) is 11.7 Å². The summed E-state index contributed by atoms with van der Waals surface area (Å²) in [6, 6.07) is 0.112. The number of fused-ring (bicyclic) bond motifs is 1. The predicted molar refractivity (Wildman–Crippen MR) is 113 cm³/mol. The minimum atomic E-state index is -0.834. The summed E-state index contributed by atoms with van der Waals surface area (Å²) in [6.07, 6.45) is 4.58. The molecule has 0 saturated carbocycles. The molecule has 0 spiro atoms. The van der Waals surface area contributed by atoms with Crippen LogP contribution in [-0.4, -0.2) is 85.5 Å². The number of imidazole rings is 1. The number of carboxylic acid groups (broad SMARTS) is 1. The van der Waals surface area contributed by atoms with E-state index in [9.17, 15) is 4.79 Å². The summed E-state index contributed by atoms with van der Waals surface area (Å²) >= 11 is 0. The van der Waals surface area contributed by atoms with Crippen molar-refractivity contribution in [1.82, 2.24) is 40.4 Å². The Bertz CT molecular complexity index is 1030. The topological polar surface area (TPSA) is 162 Å². The Balaban J connectivity index is 1.36. The number of nitrogens with two attached hydrogens (primary N) is 1. The Hall–Kier alpha value is -3.25. The molecule has 1 saturated heterocycles. The minimum Gasteiger partial charge on any atom is -0.465 e. The van der Waals surface area contributed by atoms with Gasteiger partial charge in [-0.05, 0) is 36.2 Å². The molecule has 0 bridgehead atoms. The first kappa shape index (κ1) is 21.0. The summed E-state index contributed by atoms with van der Waals surface area (Å²) < 4.78 is 4.68. The molecule has 0 radical (unpaired) electrons. The number of piperazine rings is 1. The van der Waals surface area contributed by atoms with E-state index in [0.717, 1.165) is 55.6 Å². The third-order valence-corrected chi connectivity index (χ3v) is 5.64. The van der Waals surface area contributed by atoms with Gasteiger partial charge in [0, 0.05) is 44.0 Å². The lowest BCUT2D eigenvalue weighted by atomic mass is 10.1. The second-order valence-corrected chi connectivity index (χ2v) is 7.59. The van der Waals surface area contributed by atoms with E-state index in [2.05, 4.69) is 47.0 Å². The van der Waals surface area contributed by atoms with Gasteiger partial charge in [0.1, 0.15) is 5.52 Å². The molecule has 5 N–H and O–H groups in total. The van der Waals surface area contributed by atoms with Crippen LogP contribution in [0.4, 0.5) is 10.6 Å². The highest BCUT2D eigenvalue weighted by molar-refractivity contribution is 5.82. The first-order chi connectivity index (χ1) is 15.1. The number of nitrogens with one attached hydrogen (secondary N) is 2. The van der Waals surface area contributed by atoms with Crippen LogP contribution < -0.4 is 11.1 Å². The Labute approximate surface area is 178 Å². The molecule has 1 amide bonds. The van der Waals surface area contributed by atoms with E-state index in [0.29, 0.717) is 24.6 Å². The quantitative estimate of drug-likeness (QED) is 0.384. The summed E-state index contributed by atoms with van der Waals surface area (Å²) in [4.78, 5) is 26.9. The molecule has 1 unspecified atom stereocenters. The minimum absolute atomic E-state index is 0.112. The number of amides is 1. The highest BCUT2D eigenvalue weighted by Crippen LogP contribution is 2.27. The van der Waals surface area contributed by atoms with Gasteiger partial charge < -0.3 is 26.0 Å². The zero-order valence-corrected chi connectivity index (χ0v) is 17.4. The number of nitrogen functional groups attached to an aromatic ring is 1. The molecular formula is C19H27N9O3. The third-order valence-electron chi connectivity index (χ3n) is 5.64. The Kier molecular flexibility index (Phi) is 6.28. The molecule has 0 aromatic carbocycles. The molecule has 12 heteroatoms. The molecule has 12 nitrogen and oxygen atoms in total. The highest BCUT2D eigenvalue weighted by atomic mass is 16.6. The zero-order valence-electron chi connectivity index (χ0n) is 17.4. The number of carbonyl (C=O) groups is 1. The van der Waals surface area contributed by atoms with Crippen molar-refractivity contribution in [2.75, 3.05) is 45.0 Å². The number of rotatable bonds is 8. The molecule has 3 aromatic rings. The van der Waals surface area contributed by atoms with Gasteiger partial charge in [0.15, 0.2) is 17.3 Å². The van der Waals surface area contributed by atoms with Gasteiger partial charge in [0.2, 0.25) is 0 Å². The maximum absolute atomic E-state index is 11.0. The van der Waals surface area contributed by atoms with Gasteiger partial charge >= 0.3 is 6.09 Å². The van der Waals surface area contributed by atoms with E-state index in [4.69, 9.17) is 10.8 Å². The van der Waals surface area contributed by atoms with Gasteiger partial charge in [-0.2, -0.15) is 0 Å². The fourth-order valence-corrected chi connectivity index (χ4v) is 3.90. The summed E-state index contributed by atoms with van der Waals surface area (Å²) in [7, 11) is 0. The molecule has 1 aliphatic heterocycles. The van der Waals surface area contributed by atoms with Crippen molar-refractivity contribution in [2.24, 2.45) is 0 Å². The van der Waals surface area contributed by atoms with Crippen LogP contribution in [0.2, 0.25) is 0 Å². The Morgan fingerprint density at radius 3 is 2.81 bits per heavy atom. The Morgan fingerprint density at radius 1 is 1.32 bits per heavy atom. The molecule has 1 aliphatic rings. The zero-order chi connectivity index (χ0) is 21.8. The smallest absolute Gasteiger partial charge is 0.407 e. The van der Waals surface area contributed by atoms with Gasteiger partial charge in [-0.25, -0.2) is 14.4 Å². The number of pyridine rings is 1. The SMILES string of the molecule is CCC(NCCCN1CCN(C(=O)O)CC1)c1cncc2nc(-c3nonc3N)[nH]c12. The highest BCUT2D eigenvalue weighted by Gasteiger charge is 2.21. The van der Waals surface area contributed by atoms with E-state index in [-0.39, 0.29) is 11.9 Å². The first-order valence-electron chi connectivity index (χ1n) is 10.4. The van der Waals surface area contributed by atoms with E-state index in [1.807, 2.05) is 6.20 Å². The van der Waals surface area contributed by atoms with Gasteiger partial charge in [-0.1, -0.05) is 6.92 Å². The lowest BCUT2D eigenvalue weighted by molar-refractivity contribution is 0.105. The van der Waals surface area contributed by atoms with Gasteiger partial charge in [-0.3, -0.25) is 9.88 Å². The summed E-state index contributed by atoms with van der Waals surface area (Å²) in [5.74, 6) is 0.682. The molecule has 31 heavy (non-hydrogen) atoms. The van der Waals surface area contributed by atoms with Crippen LogP contribution in [0.1, 0.15) is 31.4 Å². The predicted octanol–water partition coefficient (Wildman–Crippen LogP) is 1.32. The number of aromatic amines is 1. The van der Waals surface area contributed by atoms with Gasteiger partial charge in [0.25, 0.3) is 0 Å². The molecule has 0 aliphatic carbocycles. The summed E-state index contributed by atoms with van der Waals surface area (Å²) in [6.45, 7) is 6.61. The number of anilines is 1. The first-order valence-corrected chi connectivity index (χ1v) is 10.4. The molecule has 4 heterocycles. The number of aromatic nitrogens is 5. The third kappa shape index (κ3) is 4.59. The second kappa shape index (κ2) is 9.27. The normalized spacial score (nSPS) is 16.1. The average Bonchev–Trinajstić information content (AvgIpc) is 3.40. The van der Waals surface area contributed by atoms with Crippen molar-refractivity contribution in [2.45, 2.75) is 25.8 Å². The monoisotopic (exact) mass is 429 g/mol. The van der Waals surface area contributed by atoms with Crippen LogP contribution >= 0.6 is 0 Å². The average molecular weight is 429 g/mol. The molecular weight excluding hydrogens is 402 g/mol. The van der Waals surface area contributed by atoms with Crippen LogP contribution in [-0.2, 0) is 0 Å². The van der Waals surface area contributed by atoms with E-state index in [1.165, 1.54) is 4.90 Å². The van der Waals surface area contributed by atoms with Crippen molar-refractivity contribution in [1.29, 1.82) is 0 Å². The fraction of sp³-hybridized carbons (Fsp3) is 0.526. The van der Waals surface area contributed by atoms with E-state index < -0.39 is 6.09 Å². The lowest BCUT2D eigenvalue weighted by Gasteiger charge is -2.33. The van der Waals surface area contributed by atoms with Crippen LogP contribution in [0.3, 0.4) is 0 Å². The van der Waals surface area contributed by atoms with Crippen molar-refractivity contribution < 1.29 is 14.5 Å². The van der Waals surface area contributed by atoms with Crippen LogP contribution in [0, 0.1) is 0 Å². The lowest BCUT2D eigenvalue weighted by Crippen LogP contribution is -2.48. The second-order valence-electron chi connectivity index (χ2n) is 7.59. The van der Waals surface area contributed by atoms with Crippen LogP contribution in [0.25, 0.3) is 22.6 Å². The molecule has 1 fully saturated rings. The number of hydrogen-bond acceptors (Lipinski definition) is 9. The number of H-pyrrole nitrogens is 1. The largest absolute Gasteiger partial charge is 0.465 e. The van der Waals surface area contributed by atoms with Crippen LogP contribution in [0.15, 0.2) is 17.0 Å². The standard InChI is InChI=1S/C19H27N9O3/c1-2-13(22-4-3-5-27-6-8-28(9-7-27)19(29)30)12-10-21-11-14-15(12)24-18(23-14)16-17(20)26-31-25-16/h10-11,13,22H,2-9H2,1H3,(H2,20,26)(H,23,24)(H,29,30). The van der Waals surface area contributed by atoms with Gasteiger partial charge in [-0.15, -0.1) is 0 Å². The van der Waals surface area contributed by atoms with Crippen molar-refractivity contribution in [3.63, 3.8) is 0 Å². The summed E-state index contributed by atoms with van der Waals surface area (Å²) in [5, 5.41) is 20.1. The van der Waals surface area contributed by atoms with Crippen molar-refractivity contribution in [3.8, 4) is 11.5 Å². The van der Waals surface area contributed by atoms with Crippen molar-refractivity contribution >= 4 is 22.9 Å². The number of nitrogens with zero attached hydrogens (tertiary/aromatic N) is 6. The Morgan fingerprint density at radius 2 is 2.13 bits per heavy atom. The number of hydrogen-bond donors (Lipinski definition) is 4. The molecule has 4 rings (SSSR count). The molecule has 166 valence electrons. The summed E-state index contributed by atoms with van der Waals surface area (Å²) in [5.41, 5.74) is 8.82. The van der Waals surface area contributed by atoms with Crippen LogP contribution in [0.5, 0.6) is 0 Å². The molecule has 3 aromatic heterocycles. The molecule has 1 atom stereocenters. The maximum Gasteiger partial charge on any atom is 0.407 e. The fourth-order valence-electron chi connectivity index (χ4n) is 3.90. The van der Waals surface area contributed by atoms with E-state index >= 15 is 0 Å². The van der Waals surface area contributed by atoms with Crippen molar-refractivity contribution in [3.05, 3.63) is 18.0 Å². The van der Waals surface area contributed by atoms with E-state index in [1.54, 1.807) is 6.20 Å².